The second kappa shape index (κ2) is 6.11. The Balaban J connectivity index is 1.61. The summed E-state index contributed by atoms with van der Waals surface area (Å²) in [6.07, 6.45) is 3.06. The maximum Gasteiger partial charge on any atom is 0.410 e. The lowest BCUT2D eigenvalue weighted by molar-refractivity contribution is 0.0137. The first-order chi connectivity index (χ1) is 11.3. The molecule has 132 valence electrons. The minimum absolute atomic E-state index is 0.0620. The fourth-order valence-corrected chi connectivity index (χ4v) is 3.42. The van der Waals surface area contributed by atoms with Gasteiger partial charge in [0.1, 0.15) is 11.3 Å². The van der Waals surface area contributed by atoms with Gasteiger partial charge in [-0.1, -0.05) is 0 Å². The normalized spacial score (nSPS) is 19.4. The number of piperidine rings is 1. The summed E-state index contributed by atoms with van der Waals surface area (Å²) in [7, 11) is 0. The highest BCUT2D eigenvalue weighted by Gasteiger charge is 2.35. The Morgan fingerprint density at radius 3 is 2.50 bits per heavy atom. The van der Waals surface area contributed by atoms with Crippen LogP contribution in [0.25, 0.3) is 0 Å². The quantitative estimate of drug-likeness (QED) is 0.788. The summed E-state index contributed by atoms with van der Waals surface area (Å²) in [5.41, 5.74) is 1.01. The van der Waals surface area contributed by atoms with Crippen molar-refractivity contribution >= 4 is 12.0 Å². The molecular formula is C17H26N4O3. The molecule has 2 amide bonds. The molecule has 0 unspecified atom stereocenters. The van der Waals surface area contributed by atoms with Gasteiger partial charge in [0.2, 0.25) is 0 Å². The van der Waals surface area contributed by atoms with E-state index in [1.165, 1.54) is 0 Å². The van der Waals surface area contributed by atoms with Gasteiger partial charge in [-0.2, -0.15) is 0 Å². The number of imidazole rings is 1. The third-order valence-electron chi connectivity index (χ3n) is 4.62. The monoisotopic (exact) mass is 334 g/mol. The van der Waals surface area contributed by atoms with Crippen molar-refractivity contribution < 1.29 is 14.3 Å². The van der Waals surface area contributed by atoms with Crippen LogP contribution in [-0.2, 0) is 11.3 Å². The van der Waals surface area contributed by atoms with E-state index in [4.69, 9.17) is 4.74 Å². The smallest absolute Gasteiger partial charge is 0.410 e. The summed E-state index contributed by atoms with van der Waals surface area (Å²) in [6.45, 7) is 10.2. The number of amides is 2. The van der Waals surface area contributed by atoms with Crippen LogP contribution in [0.5, 0.6) is 0 Å². The van der Waals surface area contributed by atoms with E-state index in [-0.39, 0.29) is 18.0 Å². The molecule has 3 rings (SSSR count). The summed E-state index contributed by atoms with van der Waals surface area (Å²) in [5, 5.41) is 0. The average molecular weight is 334 g/mol. The highest BCUT2D eigenvalue weighted by atomic mass is 16.6. The van der Waals surface area contributed by atoms with Crippen LogP contribution in [0.1, 0.15) is 49.8 Å². The zero-order chi connectivity index (χ0) is 17.5. The minimum Gasteiger partial charge on any atom is -0.444 e. The van der Waals surface area contributed by atoms with E-state index < -0.39 is 5.60 Å². The predicted octanol–water partition coefficient (Wildman–Crippen LogP) is 2.05. The molecule has 1 aromatic heterocycles. The lowest BCUT2D eigenvalue weighted by Gasteiger charge is -2.40. The second-order valence-electron chi connectivity index (χ2n) is 7.57. The molecule has 1 aromatic rings. The zero-order valence-corrected chi connectivity index (χ0v) is 14.9. The Kier molecular flexibility index (Phi) is 4.27. The van der Waals surface area contributed by atoms with E-state index in [0.29, 0.717) is 25.3 Å². The first-order valence-electron chi connectivity index (χ1n) is 8.57. The molecule has 0 N–H and O–H groups in total. The number of aromatic nitrogens is 2. The van der Waals surface area contributed by atoms with E-state index in [1.807, 2.05) is 37.2 Å². The molecule has 7 heteroatoms. The van der Waals surface area contributed by atoms with Crippen molar-refractivity contribution in [3.63, 3.8) is 0 Å². The lowest BCUT2D eigenvalue weighted by atomic mass is 10.0. The van der Waals surface area contributed by atoms with Gasteiger partial charge < -0.3 is 19.1 Å². The molecule has 24 heavy (non-hydrogen) atoms. The third kappa shape index (κ3) is 3.25. The Morgan fingerprint density at radius 2 is 1.88 bits per heavy atom. The van der Waals surface area contributed by atoms with Crippen molar-refractivity contribution in [2.24, 2.45) is 0 Å². The summed E-state index contributed by atoms with van der Waals surface area (Å²) >= 11 is 0. The summed E-state index contributed by atoms with van der Waals surface area (Å²) in [6, 6.07) is 0.180. The van der Waals surface area contributed by atoms with Crippen LogP contribution in [0.2, 0.25) is 0 Å². The van der Waals surface area contributed by atoms with Gasteiger partial charge in [0.15, 0.2) is 0 Å². The van der Waals surface area contributed by atoms with Gasteiger partial charge in [-0.05, 0) is 40.5 Å². The second-order valence-corrected chi connectivity index (χ2v) is 7.57. The van der Waals surface area contributed by atoms with Crippen LogP contribution in [0.15, 0.2) is 6.33 Å². The largest absolute Gasteiger partial charge is 0.444 e. The lowest BCUT2D eigenvalue weighted by Crippen LogP contribution is -2.52. The van der Waals surface area contributed by atoms with Crippen LogP contribution in [0.4, 0.5) is 4.79 Å². The molecule has 0 atom stereocenters. The van der Waals surface area contributed by atoms with E-state index in [0.717, 1.165) is 25.1 Å². The van der Waals surface area contributed by atoms with Gasteiger partial charge >= 0.3 is 6.09 Å². The van der Waals surface area contributed by atoms with Gasteiger partial charge in [-0.25, -0.2) is 9.78 Å². The molecule has 0 aromatic carbocycles. The molecule has 2 aliphatic rings. The number of rotatable bonds is 1. The van der Waals surface area contributed by atoms with Crippen molar-refractivity contribution in [2.45, 2.75) is 58.7 Å². The number of aryl methyl sites for hydroxylation is 1. The number of carbonyl (C=O) groups excluding carboxylic acids is 2. The maximum atomic E-state index is 12.8. The number of fused-ring (bicyclic) bond motifs is 1. The molecule has 0 bridgehead atoms. The molecule has 0 radical (unpaired) electrons. The Hall–Kier alpha value is -2.05. The minimum atomic E-state index is -0.479. The van der Waals surface area contributed by atoms with Crippen molar-refractivity contribution in [3.05, 3.63) is 17.7 Å². The summed E-state index contributed by atoms with van der Waals surface area (Å²) in [4.78, 5) is 32.8. The Labute approximate surface area is 142 Å². The standard InChI is InChI=1S/C17H26N4O3/c1-12-14-15(22)21(10-9-20(14)11-18-12)13-5-7-19(8-6-13)16(23)24-17(2,3)4/h11,13H,5-10H2,1-4H3. The first kappa shape index (κ1) is 16.8. The van der Waals surface area contributed by atoms with E-state index in [9.17, 15) is 9.59 Å². The molecule has 7 nitrogen and oxygen atoms in total. The van der Waals surface area contributed by atoms with Crippen LogP contribution in [-0.4, -0.2) is 62.6 Å². The zero-order valence-electron chi connectivity index (χ0n) is 14.9. The topological polar surface area (TPSA) is 67.7 Å². The molecule has 2 aliphatic heterocycles. The van der Waals surface area contributed by atoms with Crippen LogP contribution < -0.4 is 0 Å². The molecule has 0 spiro atoms. The van der Waals surface area contributed by atoms with Gasteiger partial charge in [0.05, 0.1) is 12.0 Å². The SMILES string of the molecule is Cc1ncn2c1C(=O)N(C1CCN(C(=O)OC(C)(C)C)CC1)CC2. The summed E-state index contributed by atoms with van der Waals surface area (Å²) in [5.74, 6) is 0.0620. The van der Waals surface area contributed by atoms with Gasteiger partial charge in [-0.3, -0.25) is 4.79 Å². The maximum absolute atomic E-state index is 12.8. The molecule has 1 fully saturated rings. The highest BCUT2D eigenvalue weighted by Crippen LogP contribution is 2.24. The number of hydrogen-bond acceptors (Lipinski definition) is 4. The highest BCUT2D eigenvalue weighted by molar-refractivity contribution is 5.94. The Morgan fingerprint density at radius 1 is 1.21 bits per heavy atom. The number of likely N-dealkylation sites (tertiary alicyclic amines) is 1. The number of nitrogens with zero attached hydrogens (tertiary/aromatic N) is 4. The number of ether oxygens (including phenoxy) is 1. The molecule has 3 heterocycles. The van der Waals surface area contributed by atoms with Crippen molar-refractivity contribution in [3.8, 4) is 0 Å². The van der Waals surface area contributed by atoms with Gasteiger partial charge in [0, 0.05) is 32.2 Å². The van der Waals surface area contributed by atoms with E-state index in [2.05, 4.69) is 4.98 Å². The fraction of sp³-hybridized carbons (Fsp3) is 0.706. The first-order valence-corrected chi connectivity index (χ1v) is 8.57. The molecule has 1 saturated heterocycles. The number of hydrogen-bond donors (Lipinski definition) is 0. The fourth-order valence-electron chi connectivity index (χ4n) is 3.42. The molecule has 0 saturated carbocycles. The molecular weight excluding hydrogens is 308 g/mol. The van der Waals surface area contributed by atoms with E-state index >= 15 is 0 Å². The third-order valence-corrected chi connectivity index (χ3v) is 4.62. The van der Waals surface area contributed by atoms with Crippen molar-refractivity contribution in [1.29, 1.82) is 0 Å². The van der Waals surface area contributed by atoms with Gasteiger partial charge in [0.25, 0.3) is 5.91 Å². The number of carbonyl (C=O) groups is 2. The van der Waals surface area contributed by atoms with Gasteiger partial charge in [-0.15, -0.1) is 0 Å². The van der Waals surface area contributed by atoms with Crippen LogP contribution in [0.3, 0.4) is 0 Å². The Bertz CT molecular complexity index is 639. The van der Waals surface area contributed by atoms with E-state index in [1.54, 1.807) is 11.2 Å². The van der Waals surface area contributed by atoms with Crippen LogP contribution in [0, 0.1) is 6.92 Å². The van der Waals surface area contributed by atoms with Crippen LogP contribution >= 0.6 is 0 Å². The molecule has 0 aliphatic carbocycles. The summed E-state index contributed by atoms with van der Waals surface area (Å²) < 4.78 is 7.36. The van der Waals surface area contributed by atoms with Crippen molar-refractivity contribution in [2.75, 3.05) is 19.6 Å². The van der Waals surface area contributed by atoms with Crippen molar-refractivity contribution in [1.82, 2.24) is 19.4 Å². The predicted molar refractivity (Wildman–Crippen MR) is 88.8 cm³/mol. The average Bonchev–Trinajstić information content (AvgIpc) is 2.88.